The Bertz CT molecular complexity index is 654. The van der Waals surface area contributed by atoms with Crippen LogP contribution in [0.5, 0.6) is 0 Å². The summed E-state index contributed by atoms with van der Waals surface area (Å²) in [5, 5.41) is 13.6. The van der Waals surface area contributed by atoms with Crippen molar-refractivity contribution in [2.45, 2.75) is 76.2 Å². The Balaban J connectivity index is 1.15. The number of urea groups is 1. The third-order valence-electron chi connectivity index (χ3n) is 8.18. The van der Waals surface area contributed by atoms with Gasteiger partial charge in [0.05, 0.1) is 0 Å². The summed E-state index contributed by atoms with van der Waals surface area (Å²) in [5.74, 6) is 1.13. The monoisotopic (exact) mass is 477 g/mol. The fourth-order valence-electron chi connectivity index (χ4n) is 6.24. The number of hydrogen-bond donors (Lipinski definition) is 4. The first-order valence-electron chi connectivity index (χ1n) is 13.7. The van der Waals surface area contributed by atoms with Crippen molar-refractivity contribution < 1.29 is 9.59 Å². The third kappa shape index (κ3) is 7.29. The van der Waals surface area contributed by atoms with E-state index < -0.39 is 0 Å². The van der Waals surface area contributed by atoms with Crippen molar-refractivity contribution in [2.75, 3.05) is 59.9 Å². The second kappa shape index (κ2) is 12.5. The van der Waals surface area contributed by atoms with Gasteiger partial charge in [-0.15, -0.1) is 0 Å². The molecule has 4 N–H and O–H groups in total. The molecule has 2 saturated carbocycles. The van der Waals surface area contributed by atoms with Crippen molar-refractivity contribution in [2.24, 2.45) is 11.8 Å². The minimum Gasteiger partial charge on any atom is -0.353 e. The van der Waals surface area contributed by atoms with Gasteiger partial charge in [0.15, 0.2) is 0 Å². The van der Waals surface area contributed by atoms with Crippen molar-refractivity contribution >= 4 is 11.9 Å². The standard InChI is InChI=1S/C25H47N7O2/c1-30(2)18-19-7-9-20(10-8-19)23(33)28-21-5-3-6-22(17-21)29-25(34)32-15-13-31(14-16-32)24-26-11-4-12-27-24/h19-22,24,26-27H,3-18H2,1-2H3,(H,28,33)(H,29,34). The van der Waals surface area contributed by atoms with E-state index in [4.69, 9.17) is 0 Å². The van der Waals surface area contributed by atoms with Gasteiger partial charge in [-0.25, -0.2) is 4.79 Å². The maximum Gasteiger partial charge on any atom is 0.317 e. The summed E-state index contributed by atoms with van der Waals surface area (Å²) in [6.07, 6.45) is 9.66. The molecule has 194 valence electrons. The van der Waals surface area contributed by atoms with Crippen LogP contribution in [-0.2, 0) is 4.79 Å². The van der Waals surface area contributed by atoms with Crippen LogP contribution < -0.4 is 21.3 Å². The Morgan fingerprint density at radius 3 is 2.15 bits per heavy atom. The largest absolute Gasteiger partial charge is 0.353 e. The molecular formula is C25H47N7O2. The Kier molecular flexibility index (Phi) is 9.45. The number of rotatable bonds is 6. The zero-order chi connectivity index (χ0) is 23.9. The summed E-state index contributed by atoms with van der Waals surface area (Å²) in [6, 6.07) is 0.397. The Labute approximate surface area is 205 Å². The van der Waals surface area contributed by atoms with E-state index >= 15 is 0 Å². The fourth-order valence-corrected chi connectivity index (χ4v) is 6.24. The molecule has 2 heterocycles. The molecule has 0 aromatic carbocycles. The van der Waals surface area contributed by atoms with Crippen molar-refractivity contribution in [1.29, 1.82) is 0 Å². The summed E-state index contributed by atoms with van der Waals surface area (Å²) in [4.78, 5) is 32.4. The van der Waals surface area contributed by atoms with E-state index in [1.54, 1.807) is 0 Å². The second-order valence-electron chi connectivity index (χ2n) is 11.2. The van der Waals surface area contributed by atoms with Crippen molar-refractivity contribution in [3.8, 4) is 0 Å². The maximum atomic E-state index is 12.9. The molecule has 2 atom stereocenters. The van der Waals surface area contributed by atoms with Crippen LogP contribution in [0.2, 0.25) is 0 Å². The zero-order valence-corrected chi connectivity index (χ0v) is 21.4. The van der Waals surface area contributed by atoms with Gasteiger partial charge in [-0.3, -0.25) is 20.3 Å². The van der Waals surface area contributed by atoms with Crippen LogP contribution in [0.4, 0.5) is 4.79 Å². The Hall–Kier alpha value is -1.42. The van der Waals surface area contributed by atoms with E-state index in [0.717, 1.165) is 103 Å². The summed E-state index contributed by atoms with van der Waals surface area (Å²) < 4.78 is 0. The summed E-state index contributed by atoms with van der Waals surface area (Å²) in [5.41, 5.74) is 0. The molecule has 9 nitrogen and oxygen atoms in total. The minimum atomic E-state index is 0.0559. The lowest BCUT2D eigenvalue weighted by molar-refractivity contribution is -0.127. The van der Waals surface area contributed by atoms with Crippen LogP contribution in [0, 0.1) is 11.8 Å². The molecule has 0 radical (unpaired) electrons. The normalized spacial score (nSPS) is 31.9. The molecule has 0 bridgehead atoms. The van der Waals surface area contributed by atoms with Crippen LogP contribution in [-0.4, -0.2) is 105 Å². The van der Waals surface area contributed by atoms with Crippen LogP contribution in [0.25, 0.3) is 0 Å². The van der Waals surface area contributed by atoms with Crippen molar-refractivity contribution in [3.63, 3.8) is 0 Å². The van der Waals surface area contributed by atoms with E-state index in [2.05, 4.69) is 45.2 Å². The predicted octanol–water partition coefficient (Wildman–Crippen LogP) is 0.976. The molecule has 9 heteroatoms. The number of hydrogen-bond acceptors (Lipinski definition) is 6. The molecular weight excluding hydrogens is 430 g/mol. The van der Waals surface area contributed by atoms with Gasteiger partial charge in [-0.1, -0.05) is 0 Å². The van der Waals surface area contributed by atoms with Gasteiger partial charge in [-0.05, 0) is 90.9 Å². The average Bonchev–Trinajstić information content (AvgIpc) is 2.85. The fraction of sp³-hybridized carbons (Fsp3) is 0.920. The number of amides is 3. The first kappa shape index (κ1) is 25.7. The Morgan fingerprint density at radius 2 is 1.50 bits per heavy atom. The molecule has 3 amide bonds. The van der Waals surface area contributed by atoms with Crippen LogP contribution >= 0.6 is 0 Å². The quantitative estimate of drug-likeness (QED) is 0.456. The van der Waals surface area contributed by atoms with E-state index in [1.165, 1.54) is 6.42 Å². The number of nitrogens with zero attached hydrogens (tertiary/aromatic N) is 3. The lowest BCUT2D eigenvalue weighted by Crippen LogP contribution is -2.64. The van der Waals surface area contributed by atoms with E-state index in [-0.39, 0.29) is 36.2 Å². The maximum absolute atomic E-state index is 12.9. The summed E-state index contributed by atoms with van der Waals surface area (Å²) in [7, 11) is 4.26. The van der Waals surface area contributed by atoms with E-state index in [1.807, 2.05) is 4.90 Å². The van der Waals surface area contributed by atoms with Gasteiger partial charge in [-0.2, -0.15) is 0 Å². The zero-order valence-electron chi connectivity index (χ0n) is 21.4. The molecule has 34 heavy (non-hydrogen) atoms. The molecule has 0 spiro atoms. The number of nitrogens with one attached hydrogen (secondary N) is 4. The highest BCUT2D eigenvalue weighted by molar-refractivity contribution is 5.79. The molecule has 4 fully saturated rings. The lowest BCUT2D eigenvalue weighted by atomic mass is 9.81. The van der Waals surface area contributed by atoms with Gasteiger partial charge >= 0.3 is 6.03 Å². The van der Waals surface area contributed by atoms with E-state index in [9.17, 15) is 9.59 Å². The molecule has 4 rings (SSSR count). The van der Waals surface area contributed by atoms with Gasteiger partial charge in [0.25, 0.3) is 0 Å². The first-order chi connectivity index (χ1) is 16.5. The molecule has 2 aliphatic heterocycles. The van der Waals surface area contributed by atoms with Gasteiger partial charge in [0, 0.05) is 50.7 Å². The number of carbonyl (C=O) groups is 2. The molecule has 2 aliphatic carbocycles. The van der Waals surface area contributed by atoms with E-state index in [0.29, 0.717) is 0 Å². The van der Waals surface area contributed by atoms with Crippen LogP contribution in [0.1, 0.15) is 57.8 Å². The topological polar surface area (TPSA) is 92.0 Å². The SMILES string of the molecule is CN(C)CC1CCC(C(=O)NC2CCCC(NC(=O)N3CCN(C4NCCCN4)CC3)C2)CC1. The summed E-state index contributed by atoms with van der Waals surface area (Å²) >= 11 is 0. The van der Waals surface area contributed by atoms with Crippen LogP contribution in [0.3, 0.4) is 0 Å². The van der Waals surface area contributed by atoms with Gasteiger partial charge in [0.1, 0.15) is 6.29 Å². The smallest absolute Gasteiger partial charge is 0.317 e. The molecule has 4 aliphatic rings. The number of piperazine rings is 1. The second-order valence-corrected chi connectivity index (χ2v) is 11.2. The number of carbonyl (C=O) groups excluding carboxylic acids is 2. The highest BCUT2D eigenvalue weighted by Crippen LogP contribution is 2.30. The van der Waals surface area contributed by atoms with Gasteiger partial charge in [0.2, 0.25) is 5.91 Å². The minimum absolute atomic E-state index is 0.0559. The first-order valence-corrected chi connectivity index (χ1v) is 13.7. The third-order valence-corrected chi connectivity index (χ3v) is 8.18. The highest BCUT2D eigenvalue weighted by atomic mass is 16.2. The summed E-state index contributed by atoms with van der Waals surface area (Å²) in [6.45, 7) is 6.52. The van der Waals surface area contributed by atoms with Gasteiger partial charge < -0.3 is 20.4 Å². The van der Waals surface area contributed by atoms with Crippen LogP contribution in [0.15, 0.2) is 0 Å². The van der Waals surface area contributed by atoms with Crippen molar-refractivity contribution in [1.82, 2.24) is 36.0 Å². The molecule has 0 aromatic rings. The molecule has 2 unspecified atom stereocenters. The predicted molar refractivity (Wildman–Crippen MR) is 134 cm³/mol. The average molecular weight is 478 g/mol. The van der Waals surface area contributed by atoms with Crippen molar-refractivity contribution in [3.05, 3.63) is 0 Å². The Morgan fingerprint density at radius 1 is 0.853 bits per heavy atom. The molecule has 0 aromatic heterocycles. The highest BCUT2D eigenvalue weighted by Gasteiger charge is 2.32. The lowest BCUT2D eigenvalue weighted by Gasteiger charge is -2.41. The molecule has 2 saturated heterocycles.